The molecule has 0 amide bonds. The Morgan fingerprint density at radius 2 is 2.00 bits per heavy atom. The van der Waals surface area contributed by atoms with Crippen molar-refractivity contribution in [1.82, 2.24) is 10.1 Å². The molecule has 28 heavy (non-hydrogen) atoms. The molecule has 3 aromatic rings. The summed E-state index contributed by atoms with van der Waals surface area (Å²) in [5.74, 6) is 0.391. The van der Waals surface area contributed by atoms with Crippen LogP contribution in [0.4, 0.5) is 0 Å². The second kappa shape index (κ2) is 5.75. The smallest absolute Gasteiger partial charge is 0.339 e. The van der Waals surface area contributed by atoms with E-state index in [2.05, 4.69) is 22.3 Å². The van der Waals surface area contributed by atoms with Gasteiger partial charge in [-0.3, -0.25) is 0 Å². The van der Waals surface area contributed by atoms with Crippen LogP contribution < -0.4 is 0 Å². The van der Waals surface area contributed by atoms with Gasteiger partial charge in [-0.2, -0.15) is 0 Å². The van der Waals surface area contributed by atoms with Gasteiger partial charge in [0.25, 0.3) is 5.71 Å². The molecule has 0 unspecified atom stereocenters. The number of nitrogens with zero attached hydrogens (tertiary/aromatic N) is 2. The Kier molecular flexibility index (Phi) is 3.29. The first-order chi connectivity index (χ1) is 13.7. The van der Waals surface area contributed by atoms with E-state index in [9.17, 15) is 4.79 Å². The minimum Gasteiger partial charge on any atom is -0.458 e. The topological polar surface area (TPSA) is 74.5 Å². The summed E-state index contributed by atoms with van der Waals surface area (Å²) in [5.41, 5.74) is 3.00. The Labute approximate surface area is 161 Å². The van der Waals surface area contributed by atoms with Crippen molar-refractivity contribution in [3.63, 3.8) is 0 Å². The van der Waals surface area contributed by atoms with Gasteiger partial charge in [0.1, 0.15) is 6.10 Å². The molecule has 2 aliphatic heterocycles. The maximum atomic E-state index is 13.1. The van der Waals surface area contributed by atoms with Gasteiger partial charge >= 0.3 is 5.97 Å². The van der Waals surface area contributed by atoms with Crippen LogP contribution in [0.3, 0.4) is 0 Å². The molecule has 4 heterocycles. The van der Waals surface area contributed by atoms with Gasteiger partial charge in [-0.25, -0.2) is 9.78 Å². The molecule has 1 saturated heterocycles. The molecule has 6 rings (SSSR count). The number of hydrogen-bond donors (Lipinski definition) is 0. The quantitative estimate of drug-likeness (QED) is 0.514. The van der Waals surface area contributed by atoms with Gasteiger partial charge in [0.15, 0.2) is 0 Å². The van der Waals surface area contributed by atoms with E-state index in [0.717, 1.165) is 12.0 Å². The summed E-state index contributed by atoms with van der Waals surface area (Å²) in [5, 5.41) is 4.61. The van der Waals surface area contributed by atoms with Crippen LogP contribution in [0.25, 0.3) is 22.4 Å². The number of carbonyl (C=O) groups is 1. The Hall–Kier alpha value is -2.99. The third-order valence-corrected chi connectivity index (χ3v) is 6.20. The number of rotatable bonds is 3. The van der Waals surface area contributed by atoms with Crippen LogP contribution in [0.1, 0.15) is 22.5 Å². The Balaban J connectivity index is 1.36. The average Bonchev–Trinajstić information content (AvgIpc) is 3.38. The number of esters is 1. The molecule has 0 spiro atoms. The van der Waals surface area contributed by atoms with Crippen molar-refractivity contribution in [2.24, 2.45) is 11.8 Å². The molecule has 1 aromatic carbocycles. The van der Waals surface area contributed by atoms with E-state index in [1.54, 1.807) is 13.0 Å². The van der Waals surface area contributed by atoms with Gasteiger partial charge in [0.2, 0.25) is 0 Å². The molecule has 2 fully saturated rings. The van der Waals surface area contributed by atoms with E-state index in [4.69, 9.17) is 14.0 Å². The molecule has 1 saturated carbocycles. The fraction of sp³-hybridized carbons (Fsp3) is 0.318. The van der Waals surface area contributed by atoms with Crippen LogP contribution >= 0.6 is 0 Å². The second-order valence-electron chi connectivity index (χ2n) is 7.74. The zero-order valence-electron chi connectivity index (χ0n) is 15.2. The predicted octanol–water partition coefficient (Wildman–Crippen LogP) is 3.70. The maximum absolute atomic E-state index is 13.1. The van der Waals surface area contributed by atoms with Crippen molar-refractivity contribution in [3.8, 4) is 11.3 Å². The molecule has 0 radical (unpaired) electrons. The molecule has 5 atom stereocenters. The van der Waals surface area contributed by atoms with Crippen LogP contribution in [0.5, 0.6) is 0 Å². The maximum Gasteiger partial charge on any atom is 0.339 e. The lowest BCUT2D eigenvalue weighted by Crippen LogP contribution is -2.48. The van der Waals surface area contributed by atoms with Crippen LogP contribution in [0.2, 0.25) is 0 Å². The number of aryl methyl sites for hydroxylation is 1. The first kappa shape index (κ1) is 16.0. The molecule has 6 heteroatoms. The zero-order valence-corrected chi connectivity index (χ0v) is 15.2. The second-order valence-corrected chi connectivity index (χ2v) is 7.74. The molecule has 6 nitrogen and oxygen atoms in total. The van der Waals surface area contributed by atoms with E-state index in [1.165, 1.54) is 0 Å². The standard InChI is InChI=1S/C22H18N2O4/c1-11-19-14(9-15(23-21(19)28-24-11)12-5-3-2-4-6-12)22(25)27-18-10-13-16-7-8-17(26-16)20(13)18/h2-9,13,16-18,20H,10H2,1H3/t13-,16-,17+,18+,20-/m0/s1. The van der Waals surface area contributed by atoms with Gasteiger partial charge in [-0.15, -0.1) is 0 Å². The van der Waals surface area contributed by atoms with E-state index in [-0.39, 0.29) is 30.2 Å². The highest BCUT2D eigenvalue weighted by molar-refractivity contribution is 6.04. The van der Waals surface area contributed by atoms with E-state index in [0.29, 0.717) is 34.0 Å². The third-order valence-electron chi connectivity index (χ3n) is 6.20. The lowest BCUT2D eigenvalue weighted by molar-refractivity contribution is -0.0493. The highest BCUT2D eigenvalue weighted by Crippen LogP contribution is 2.52. The van der Waals surface area contributed by atoms with Crippen molar-refractivity contribution in [2.45, 2.75) is 31.7 Å². The van der Waals surface area contributed by atoms with Gasteiger partial charge in [-0.1, -0.05) is 47.6 Å². The molecular weight excluding hydrogens is 356 g/mol. The molecule has 3 aliphatic rings. The Bertz CT molecular complexity index is 1120. The monoisotopic (exact) mass is 374 g/mol. The highest BCUT2D eigenvalue weighted by atomic mass is 16.6. The Morgan fingerprint density at radius 1 is 1.18 bits per heavy atom. The summed E-state index contributed by atoms with van der Waals surface area (Å²) < 4.78 is 17.2. The van der Waals surface area contributed by atoms with Crippen molar-refractivity contribution in [2.75, 3.05) is 0 Å². The first-order valence-electron chi connectivity index (χ1n) is 9.56. The lowest BCUT2D eigenvalue weighted by atomic mass is 9.65. The molecule has 0 N–H and O–H groups in total. The fourth-order valence-corrected chi connectivity index (χ4v) is 4.76. The summed E-state index contributed by atoms with van der Waals surface area (Å²) in [7, 11) is 0. The van der Waals surface area contributed by atoms with Crippen LogP contribution in [-0.2, 0) is 9.47 Å². The van der Waals surface area contributed by atoms with E-state index >= 15 is 0 Å². The number of hydrogen-bond acceptors (Lipinski definition) is 6. The summed E-state index contributed by atoms with van der Waals surface area (Å²) in [4.78, 5) is 17.7. The summed E-state index contributed by atoms with van der Waals surface area (Å²) in [6.07, 6.45) is 5.24. The van der Waals surface area contributed by atoms with Crippen molar-refractivity contribution < 1.29 is 18.8 Å². The number of aromatic nitrogens is 2. The third kappa shape index (κ3) is 2.21. The molecule has 1 aliphatic carbocycles. The minimum atomic E-state index is -0.355. The van der Waals surface area contributed by atoms with Crippen LogP contribution in [0.15, 0.2) is 53.1 Å². The van der Waals surface area contributed by atoms with E-state index < -0.39 is 0 Å². The van der Waals surface area contributed by atoms with Crippen LogP contribution in [-0.4, -0.2) is 34.4 Å². The van der Waals surface area contributed by atoms with E-state index in [1.807, 2.05) is 30.3 Å². The van der Waals surface area contributed by atoms with Crippen molar-refractivity contribution >= 4 is 17.1 Å². The zero-order chi connectivity index (χ0) is 18.8. The Morgan fingerprint density at radius 3 is 2.82 bits per heavy atom. The largest absolute Gasteiger partial charge is 0.458 e. The SMILES string of the molecule is Cc1noc2nc(-c3ccccc3)cc(C(=O)O[C@@H]3C[C@@H]4[C@H]3[C@H]3C=C[C@@H]4O3)c12. The number of benzene rings is 1. The first-order valence-corrected chi connectivity index (χ1v) is 9.56. The number of fused-ring (bicyclic) bond motifs is 6. The summed E-state index contributed by atoms with van der Waals surface area (Å²) in [6.45, 7) is 1.81. The summed E-state index contributed by atoms with van der Waals surface area (Å²) >= 11 is 0. The number of pyridine rings is 1. The fourth-order valence-electron chi connectivity index (χ4n) is 4.76. The van der Waals surface area contributed by atoms with Gasteiger partial charge in [0.05, 0.1) is 34.5 Å². The normalized spacial score (nSPS) is 29.7. The minimum absolute atomic E-state index is 0.0798. The number of carbonyl (C=O) groups excluding carboxylic acids is 1. The molecule has 140 valence electrons. The van der Waals surface area contributed by atoms with Crippen LogP contribution in [0, 0.1) is 18.8 Å². The van der Waals surface area contributed by atoms with Gasteiger partial charge in [-0.05, 0) is 19.4 Å². The highest BCUT2D eigenvalue weighted by Gasteiger charge is 2.58. The van der Waals surface area contributed by atoms with Gasteiger partial charge in [0, 0.05) is 17.4 Å². The lowest BCUT2D eigenvalue weighted by Gasteiger charge is -2.42. The summed E-state index contributed by atoms with van der Waals surface area (Å²) in [6, 6.07) is 11.5. The average molecular weight is 374 g/mol. The molecular formula is C22H18N2O4. The van der Waals surface area contributed by atoms with Gasteiger partial charge < -0.3 is 14.0 Å². The molecule has 2 bridgehead atoms. The number of ether oxygens (including phenoxy) is 2. The van der Waals surface area contributed by atoms with Crippen molar-refractivity contribution in [3.05, 3.63) is 59.8 Å². The predicted molar refractivity (Wildman–Crippen MR) is 101 cm³/mol. The van der Waals surface area contributed by atoms with Crippen molar-refractivity contribution in [1.29, 1.82) is 0 Å². The molecule has 2 aromatic heterocycles.